The van der Waals surface area contributed by atoms with Crippen molar-refractivity contribution in [3.05, 3.63) is 105 Å². The van der Waals surface area contributed by atoms with Gasteiger partial charge in [0.15, 0.2) is 0 Å². The Kier molecular flexibility index (Phi) is 6.22. The highest BCUT2D eigenvalue weighted by Crippen LogP contribution is 2.23. The van der Waals surface area contributed by atoms with Crippen LogP contribution in [0, 0.1) is 17.0 Å². The number of nitrogens with zero attached hydrogens (tertiary/aromatic N) is 1. The maximum Gasteiger partial charge on any atom is 0.273 e. The van der Waals surface area contributed by atoms with Crippen LogP contribution < -0.4 is 10.6 Å². The van der Waals surface area contributed by atoms with Gasteiger partial charge in [0.1, 0.15) is 0 Å². The Morgan fingerprint density at radius 3 is 2.20 bits per heavy atom. The lowest BCUT2D eigenvalue weighted by molar-refractivity contribution is -0.385. The number of carbonyl (C=O) groups excluding carboxylic acids is 2. The molecule has 3 rings (SSSR count). The number of rotatable bonds is 6. The van der Waals surface area contributed by atoms with Crippen molar-refractivity contribution in [1.29, 1.82) is 0 Å². The highest BCUT2D eigenvalue weighted by Gasteiger charge is 2.20. The Morgan fingerprint density at radius 1 is 0.867 bits per heavy atom. The average Bonchev–Trinajstić information content (AvgIpc) is 2.74. The van der Waals surface area contributed by atoms with Crippen molar-refractivity contribution in [2.75, 3.05) is 5.32 Å². The van der Waals surface area contributed by atoms with Crippen LogP contribution in [0.4, 0.5) is 11.4 Å². The average molecular weight is 403 g/mol. The highest BCUT2D eigenvalue weighted by molar-refractivity contribution is 6.10. The zero-order valence-electron chi connectivity index (χ0n) is 16.6. The van der Waals surface area contributed by atoms with E-state index in [0.717, 1.165) is 5.56 Å². The van der Waals surface area contributed by atoms with Crippen molar-refractivity contribution < 1.29 is 14.5 Å². The van der Waals surface area contributed by atoms with Gasteiger partial charge in [-0.1, -0.05) is 48.5 Å². The number of nitro groups is 1. The molecule has 2 amide bonds. The Morgan fingerprint density at radius 2 is 1.50 bits per heavy atom. The maximum absolute atomic E-state index is 12.8. The molecule has 152 valence electrons. The van der Waals surface area contributed by atoms with Gasteiger partial charge in [-0.15, -0.1) is 0 Å². The van der Waals surface area contributed by atoms with Crippen molar-refractivity contribution in [2.24, 2.45) is 0 Å². The monoisotopic (exact) mass is 403 g/mol. The Labute approximate surface area is 173 Å². The van der Waals surface area contributed by atoms with Gasteiger partial charge in [-0.2, -0.15) is 0 Å². The molecule has 7 nitrogen and oxygen atoms in total. The number of hydrogen-bond donors (Lipinski definition) is 2. The molecule has 30 heavy (non-hydrogen) atoms. The summed E-state index contributed by atoms with van der Waals surface area (Å²) in [7, 11) is 0. The molecule has 0 spiro atoms. The van der Waals surface area contributed by atoms with E-state index < -0.39 is 10.8 Å². The standard InChI is InChI=1S/C23H21N3O4/c1-15-18(12-8-14-21(15)26(29)30)22(27)25-20-13-7-6-11-19(20)23(28)24-16(2)17-9-4-3-5-10-17/h3-14,16H,1-2H3,(H,24,28)(H,25,27)/t16-/m1/s1. The molecule has 0 fully saturated rings. The SMILES string of the molecule is Cc1c(C(=O)Nc2ccccc2C(=O)N[C@H](C)c2ccccc2)cccc1[N+](=O)[O-]. The lowest BCUT2D eigenvalue weighted by atomic mass is 10.1. The molecule has 0 heterocycles. The van der Waals surface area contributed by atoms with Crippen LogP contribution in [0.15, 0.2) is 72.8 Å². The van der Waals surface area contributed by atoms with Crippen LogP contribution in [0.25, 0.3) is 0 Å². The first-order chi connectivity index (χ1) is 14.4. The van der Waals surface area contributed by atoms with E-state index in [0.29, 0.717) is 11.3 Å². The van der Waals surface area contributed by atoms with Gasteiger partial charge < -0.3 is 10.6 Å². The third kappa shape index (κ3) is 4.52. The number of para-hydroxylation sites is 1. The molecule has 3 aromatic carbocycles. The second kappa shape index (κ2) is 9.00. The molecule has 3 aromatic rings. The first-order valence-corrected chi connectivity index (χ1v) is 9.38. The molecule has 0 aliphatic rings. The predicted molar refractivity (Wildman–Crippen MR) is 115 cm³/mol. The van der Waals surface area contributed by atoms with Crippen LogP contribution in [0.2, 0.25) is 0 Å². The molecule has 0 unspecified atom stereocenters. The number of hydrogen-bond acceptors (Lipinski definition) is 4. The second-order valence-electron chi connectivity index (χ2n) is 6.81. The van der Waals surface area contributed by atoms with E-state index in [1.54, 1.807) is 24.3 Å². The van der Waals surface area contributed by atoms with Crippen molar-refractivity contribution in [3.8, 4) is 0 Å². The van der Waals surface area contributed by atoms with E-state index in [2.05, 4.69) is 10.6 Å². The van der Waals surface area contributed by atoms with Crippen LogP contribution in [-0.2, 0) is 0 Å². The van der Waals surface area contributed by atoms with Gasteiger partial charge >= 0.3 is 0 Å². The zero-order chi connectivity index (χ0) is 21.7. The Balaban J connectivity index is 1.82. The van der Waals surface area contributed by atoms with Crippen LogP contribution in [0.1, 0.15) is 44.8 Å². The minimum atomic E-state index is -0.529. The smallest absolute Gasteiger partial charge is 0.273 e. The summed E-state index contributed by atoms with van der Waals surface area (Å²) in [6.45, 7) is 3.40. The number of nitro benzene ring substituents is 1. The minimum absolute atomic E-state index is 0.134. The summed E-state index contributed by atoms with van der Waals surface area (Å²) in [5.41, 5.74) is 1.89. The van der Waals surface area contributed by atoms with Gasteiger partial charge in [0.25, 0.3) is 17.5 Å². The predicted octanol–water partition coefficient (Wildman–Crippen LogP) is 4.65. The Bertz CT molecular complexity index is 1100. The van der Waals surface area contributed by atoms with Gasteiger partial charge in [-0.3, -0.25) is 19.7 Å². The number of benzene rings is 3. The molecule has 0 saturated heterocycles. The molecule has 0 bridgehead atoms. The largest absolute Gasteiger partial charge is 0.345 e. The summed E-state index contributed by atoms with van der Waals surface area (Å²) in [5, 5.41) is 16.8. The lowest BCUT2D eigenvalue weighted by Gasteiger charge is -2.16. The third-order valence-corrected chi connectivity index (χ3v) is 4.81. The van der Waals surface area contributed by atoms with Crippen molar-refractivity contribution in [3.63, 3.8) is 0 Å². The lowest BCUT2D eigenvalue weighted by Crippen LogP contribution is -2.28. The van der Waals surface area contributed by atoms with E-state index >= 15 is 0 Å². The fraction of sp³-hybridized carbons (Fsp3) is 0.130. The Hall–Kier alpha value is -4.00. The molecular weight excluding hydrogens is 382 g/mol. The maximum atomic E-state index is 12.8. The van der Waals surface area contributed by atoms with Crippen molar-refractivity contribution >= 4 is 23.2 Å². The van der Waals surface area contributed by atoms with Crippen molar-refractivity contribution in [1.82, 2.24) is 5.32 Å². The molecule has 1 atom stereocenters. The van der Waals surface area contributed by atoms with Crippen LogP contribution in [0.3, 0.4) is 0 Å². The number of nitrogens with one attached hydrogen (secondary N) is 2. The minimum Gasteiger partial charge on any atom is -0.345 e. The molecule has 0 aliphatic carbocycles. The fourth-order valence-corrected chi connectivity index (χ4v) is 3.15. The molecular formula is C23H21N3O4. The molecule has 2 N–H and O–H groups in total. The van der Waals surface area contributed by atoms with E-state index in [1.165, 1.54) is 25.1 Å². The second-order valence-corrected chi connectivity index (χ2v) is 6.81. The summed E-state index contributed by atoms with van der Waals surface area (Å²) in [5.74, 6) is -0.856. The van der Waals surface area contributed by atoms with E-state index in [1.807, 2.05) is 37.3 Å². The van der Waals surface area contributed by atoms with Crippen LogP contribution in [-0.4, -0.2) is 16.7 Å². The molecule has 0 aromatic heterocycles. The zero-order valence-corrected chi connectivity index (χ0v) is 16.6. The summed E-state index contributed by atoms with van der Waals surface area (Å²) in [6, 6.07) is 20.3. The first kappa shape index (κ1) is 20.7. The highest BCUT2D eigenvalue weighted by atomic mass is 16.6. The summed E-state index contributed by atoms with van der Waals surface area (Å²) < 4.78 is 0. The quantitative estimate of drug-likeness (QED) is 0.462. The fourth-order valence-electron chi connectivity index (χ4n) is 3.15. The third-order valence-electron chi connectivity index (χ3n) is 4.81. The number of amides is 2. The molecule has 0 radical (unpaired) electrons. The topological polar surface area (TPSA) is 101 Å². The summed E-state index contributed by atoms with van der Waals surface area (Å²) >= 11 is 0. The summed E-state index contributed by atoms with van der Waals surface area (Å²) in [4.78, 5) is 36.2. The van der Waals surface area contributed by atoms with Gasteiger partial charge in [0.05, 0.1) is 22.2 Å². The van der Waals surface area contributed by atoms with Crippen molar-refractivity contribution in [2.45, 2.75) is 19.9 Å². The molecule has 7 heteroatoms. The van der Waals surface area contributed by atoms with Gasteiger partial charge in [0.2, 0.25) is 0 Å². The molecule has 0 saturated carbocycles. The van der Waals surface area contributed by atoms with Gasteiger partial charge in [-0.25, -0.2) is 0 Å². The van der Waals surface area contributed by atoms with E-state index in [9.17, 15) is 19.7 Å². The van der Waals surface area contributed by atoms with Gasteiger partial charge in [-0.05, 0) is 37.6 Å². The normalized spacial score (nSPS) is 11.4. The number of carbonyl (C=O) groups is 2. The molecule has 0 aliphatic heterocycles. The van der Waals surface area contributed by atoms with E-state index in [4.69, 9.17) is 0 Å². The van der Waals surface area contributed by atoms with Crippen LogP contribution >= 0.6 is 0 Å². The first-order valence-electron chi connectivity index (χ1n) is 9.38. The van der Waals surface area contributed by atoms with E-state index in [-0.39, 0.29) is 28.8 Å². The summed E-state index contributed by atoms with van der Waals surface area (Å²) in [6.07, 6.45) is 0. The van der Waals surface area contributed by atoms with Gasteiger partial charge in [0, 0.05) is 17.2 Å². The number of anilines is 1. The van der Waals surface area contributed by atoms with Crippen LogP contribution in [0.5, 0.6) is 0 Å².